The van der Waals surface area contributed by atoms with Crippen LogP contribution in [0.3, 0.4) is 0 Å². The van der Waals surface area contributed by atoms with Crippen molar-refractivity contribution in [1.29, 1.82) is 0 Å². The molecule has 0 bridgehead atoms. The molecule has 0 spiro atoms. The van der Waals surface area contributed by atoms with Gasteiger partial charge in [0.1, 0.15) is 24.3 Å². The summed E-state index contributed by atoms with van der Waals surface area (Å²) in [5.41, 5.74) is 5.45. The molecule has 0 saturated heterocycles. The van der Waals surface area contributed by atoms with Gasteiger partial charge in [0, 0.05) is 12.7 Å². The Labute approximate surface area is 92.7 Å². The molecule has 16 heavy (non-hydrogen) atoms. The maximum atomic E-state index is 5.45. The van der Waals surface area contributed by atoms with Crippen LogP contribution in [0.25, 0.3) is 0 Å². The Hall–Kier alpha value is -2.02. The Bertz CT molecular complexity index is 425. The SMILES string of the molecule is NCc1nccc(NCCn2cncn2)n1. The third kappa shape index (κ3) is 2.74. The Balaban J connectivity index is 1.85. The molecule has 2 aromatic heterocycles. The van der Waals surface area contributed by atoms with E-state index < -0.39 is 0 Å². The lowest BCUT2D eigenvalue weighted by Crippen LogP contribution is -2.13. The summed E-state index contributed by atoms with van der Waals surface area (Å²) in [6, 6.07) is 1.81. The molecule has 0 fully saturated rings. The van der Waals surface area contributed by atoms with E-state index in [2.05, 4.69) is 25.4 Å². The standard InChI is InChI=1S/C9H13N7/c10-5-9-12-2-1-8(15-9)13-3-4-16-7-11-6-14-16/h1-2,6-7H,3-5,10H2,(H,12,13,15). The van der Waals surface area contributed by atoms with Gasteiger partial charge in [-0.3, -0.25) is 4.68 Å². The molecular weight excluding hydrogens is 206 g/mol. The molecule has 3 N–H and O–H groups in total. The van der Waals surface area contributed by atoms with Gasteiger partial charge in [-0.2, -0.15) is 5.10 Å². The van der Waals surface area contributed by atoms with Crippen molar-refractivity contribution in [1.82, 2.24) is 24.7 Å². The average molecular weight is 219 g/mol. The summed E-state index contributed by atoms with van der Waals surface area (Å²) < 4.78 is 1.75. The molecule has 0 aliphatic carbocycles. The van der Waals surface area contributed by atoms with Gasteiger partial charge in [0.05, 0.1) is 13.1 Å². The smallest absolute Gasteiger partial charge is 0.144 e. The Kier molecular flexibility index (Phi) is 3.39. The van der Waals surface area contributed by atoms with E-state index in [-0.39, 0.29) is 0 Å². The van der Waals surface area contributed by atoms with E-state index in [0.29, 0.717) is 12.4 Å². The van der Waals surface area contributed by atoms with E-state index in [4.69, 9.17) is 5.73 Å². The zero-order valence-corrected chi connectivity index (χ0v) is 8.74. The van der Waals surface area contributed by atoms with E-state index >= 15 is 0 Å². The fourth-order valence-electron chi connectivity index (χ4n) is 1.24. The second kappa shape index (κ2) is 5.17. The van der Waals surface area contributed by atoms with Crippen molar-refractivity contribution in [2.24, 2.45) is 5.73 Å². The summed E-state index contributed by atoms with van der Waals surface area (Å²) in [7, 11) is 0. The van der Waals surface area contributed by atoms with Crippen LogP contribution in [0.4, 0.5) is 5.82 Å². The molecule has 84 valence electrons. The molecule has 0 aliphatic rings. The molecule has 7 heteroatoms. The average Bonchev–Trinajstić information content (AvgIpc) is 2.82. The quantitative estimate of drug-likeness (QED) is 0.713. The van der Waals surface area contributed by atoms with Crippen molar-refractivity contribution >= 4 is 5.82 Å². The van der Waals surface area contributed by atoms with Gasteiger partial charge in [0.15, 0.2) is 0 Å². The topological polar surface area (TPSA) is 94.5 Å². The Morgan fingerprint density at radius 3 is 3.12 bits per heavy atom. The second-order valence-electron chi connectivity index (χ2n) is 3.15. The highest BCUT2D eigenvalue weighted by atomic mass is 15.3. The molecule has 7 nitrogen and oxygen atoms in total. The van der Waals surface area contributed by atoms with Crippen LogP contribution in [0, 0.1) is 0 Å². The van der Waals surface area contributed by atoms with Crippen LogP contribution in [0.1, 0.15) is 5.82 Å². The first kappa shape index (κ1) is 10.5. The summed E-state index contributed by atoms with van der Waals surface area (Å²) in [5.74, 6) is 1.40. The fourth-order valence-corrected chi connectivity index (χ4v) is 1.24. The number of nitrogens with zero attached hydrogens (tertiary/aromatic N) is 5. The number of hydrogen-bond donors (Lipinski definition) is 2. The number of nitrogens with two attached hydrogens (primary N) is 1. The van der Waals surface area contributed by atoms with Gasteiger partial charge in [0.25, 0.3) is 0 Å². The highest BCUT2D eigenvalue weighted by Crippen LogP contribution is 2.00. The minimum absolute atomic E-state index is 0.346. The van der Waals surface area contributed by atoms with E-state index in [1.165, 1.54) is 6.33 Å². The minimum atomic E-state index is 0.346. The molecule has 2 heterocycles. The summed E-state index contributed by atoms with van der Waals surface area (Å²) in [6.07, 6.45) is 4.87. The number of rotatable bonds is 5. The summed E-state index contributed by atoms with van der Waals surface area (Å²) >= 11 is 0. The fraction of sp³-hybridized carbons (Fsp3) is 0.333. The van der Waals surface area contributed by atoms with Gasteiger partial charge in [-0.25, -0.2) is 15.0 Å². The van der Waals surface area contributed by atoms with Gasteiger partial charge in [-0.05, 0) is 6.07 Å². The molecule has 0 aliphatic heterocycles. The van der Waals surface area contributed by atoms with Crippen LogP contribution in [0.5, 0.6) is 0 Å². The van der Waals surface area contributed by atoms with Gasteiger partial charge in [-0.1, -0.05) is 0 Å². The first-order valence-corrected chi connectivity index (χ1v) is 4.97. The van der Waals surface area contributed by atoms with Gasteiger partial charge >= 0.3 is 0 Å². The first-order valence-electron chi connectivity index (χ1n) is 4.97. The third-order valence-corrected chi connectivity index (χ3v) is 2.00. The van der Waals surface area contributed by atoms with Crippen LogP contribution in [-0.2, 0) is 13.1 Å². The first-order chi connectivity index (χ1) is 7.88. The molecule has 2 rings (SSSR count). The predicted molar refractivity (Wildman–Crippen MR) is 58.4 cm³/mol. The summed E-state index contributed by atoms with van der Waals surface area (Å²) in [6.45, 7) is 1.81. The van der Waals surface area contributed by atoms with Gasteiger partial charge < -0.3 is 11.1 Å². The van der Waals surface area contributed by atoms with Crippen molar-refractivity contribution in [3.05, 3.63) is 30.7 Å². The molecule has 0 amide bonds. The van der Waals surface area contributed by atoms with Crippen molar-refractivity contribution in [2.45, 2.75) is 13.1 Å². The third-order valence-electron chi connectivity index (χ3n) is 2.00. The minimum Gasteiger partial charge on any atom is -0.368 e. The highest BCUT2D eigenvalue weighted by Gasteiger charge is 1.97. The second-order valence-corrected chi connectivity index (χ2v) is 3.15. The van der Waals surface area contributed by atoms with Crippen LogP contribution >= 0.6 is 0 Å². The van der Waals surface area contributed by atoms with Crippen molar-refractivity contribution in [3.63, 3.8) is 0 Å². The normalized spacial score (nSPS) is 10.3. The lowest BCUT2D eigenvalue weighted by Gasteiger charge is -2.05. The summed E-state index contributed by atoms with van der Waals surface area (Å²) in [5, 5.41) is 7.16. The number of anilines is 1. The van der Waals surface area contributed by atoms with Crippen LogP contribution in [0.2, 0.25) is 0 Å². The zero-order valence-electron chi connectivity index (χ0n) is 8.74. The predicted octanol–water partition coefficient (Wildman–Crippen LogP) is -0.361. The molecule has 2 aromatic rings. The van der Waals surface area contributed by atoms with E-state index in [1.807, 2.05) is 0 Å². The van der Waals surface area contributed by atoms with Crippen molar-refractivity contribution in [3.8, 4) is 0 Å². The summed E-state index contributed by atoms with van der Waals surface area (Å²) in [4.78, 5) is 12.1. The van der Waals surface area contributed by atoms with Crippen LogP contribution < -0.4 is 11.1 Å². The lowest BCUT2D eigenvalue weighted by atomic mass is 10.5. The maximum absolute atomic E-state index is 5.45. The van der Waals surface area contributed by atoms with E-state index in [0.717, 1.165) is 18.9 Å². The lowest BCUT2D eigenvalue weighted by molar-refractivity contribution is 0.635. The molecule has 0 radical (unpaired) electrons. The highest BCUT2D eigenvalue weighted by molar-refractivity contribution is 5.32. The zero-order chi connectivity index (χ0) is 11.2. The monoisotopic (exact) mass is 219 g/mol. The van der Waals surface area contributed by atoms with E-state index in [1.54, 1.807) is 23.3 Å². The Morgan fingerprint density at radius 1 is 1.44 bits per heavy atom. The van der Waals surface area contributed by atoms with Crippen molar-refractivity contribution < 1.29 is 0 Å². The maximum Gasteiger partial charge on any atom is 0.144 e. The molecule has 0 saturated carbocycles. The number of hydrogen-bond acceptors (Lipinski definition) is 6. The molecule has 0 atom stereocenters. The Morgan fingerprint density at radius 2 is 2.38 bits per heavy atom. The van der Waals surface area contributed by atoms with Gasteiger partial charge in [-0.15, -0.1) is 0 Å². The largest absolute Gasteiger partial charge is 0.368 e. The molecule has 0 aromatic carbocycles. The number of nitrogens with one attached hydrogen (secondary N) is 1. The number of aromatic nitrogens is 5. The van der Waals surface area contributed by atoms with Crippen molar-refractivity contribution in [2.75, 3.05) is 11.9 Å². The van der Waals surface area contributed by atoms with Crippen LogP contribution in [0.15, 0.2) is 24.9 Å². The molecular formula is C9H13N7. The van der Waals surface area contributed by atoms with Gasteiger partial charge in [0.2, 0.25) is 0 Å². The van der Waals surface area contributed by atoms with Crippen LogP contribution in [-0.4, -0.2) is 31.3 Å². The molecule has 0 unspecified atom stereocenters. The van der Waals surface area contributed by atoms with E-state index in [9.17, 15) is 0 Å².